The van der Waals surface area contributed by atoms with Crippen LogP contribution < -0.4 is 4.74 Å². The van der Waals surface area contributed by atoms with Gasteiger partial charge in [-0.15, -0.1) is 0 Å². The SMILES string of the molecule is CCOC(=O)[C@H]1c2ccc3ccccc3c2O[C@@H]2c3ccccc3CCN21. The van der Waals surface area contributed by atoms with E-state index in [0.29, 0.717) is 6.61 Å². The summed E-state index contributed by atoms with van der Waals surface area (Å²) in [4.78, 5) is 15.1. The van der Waals surface area contributed by atoms with E-state index in [4.69, 9.17) is 9.47 Å². The van der Waals surface area contributed by atoms with E-state index >= 15 is 0 Å². The number of carbonyl (C=O) groups excluding carboxylic acids is 1. The summed E-state index contributed by atoms with van der Waals surface area (Å²) >= 11 is 0. The predicted molar refractivity (Wildman–Crippen MR) is 104 cm³/mol. The molecule has 2 aliphatic rings. The van der Waals surface area contributed by atoms with Gasteiger partial charge in [0.15, 0.2) is 6.23 Å². The molecule has 0 saturated heterocycles. The van der Waals surface area contributed by atoms with Gasteiger partial charge < -0.3 is 9.47 Å². The van der Waals surface area contributed by atoms with Gasteiger partial charge in [0.05, 0.1) is 6.61 Å². The summed E-state index contributed by atoms with van der Waals surface area (Å²) in [5, 5.41) is 2.14. The van der Waals surface area contributed by atoms with Crippen molar-refractivity contribution in [2.45, 2.75) is 25.6 Å². The molecule has 0 unspecified atom stereocenters. The van der Waals surface area contributed by atoms with Crippen molar-refractivity contribution in [3.8, 4) is 5.75 Å². The maximum Gasteiger partial charge on any atom is 0.328 e. The van der Waals surface area contributed by atoms with Gasteiger partial charge in [-0.25, -0.2) is 9.69 Å². The largest absolute Gasteiger partial charge is 0.470 e. The number of esters is 1. The Balaban J connectivity index is 1.72. The van der Waals surface area contributed by atoms with Gasteiger partial charge >= 0.3 is 5.97 Å². The fourth-order valence-electron chi connectivity index (χ4n) is 4.32. The zero-order valence-electron chi connectivity index (χ0n) is 15.2. The fourth-order valence-corrected chi connectivity index (χ4v) is 4.32. The van der Waals surface area contributed by atoms with E-state index in [9.17, 15) is 4.79 Å². The lowest BCUT2D eigenvalue weighted by Gasteiger charge is -2.45. The zero-order valence-corrected chi connectivity index (χ0v) is 15.2. The van der Waals surface area contributed by atoms with Crippen molar-refractivity contribution >= 4 is 16.7 Å². The lowest BCUT2D eigenvalue weighted by molar-refractivity contribution is -0.157. The Morgan fingerprint density at radius 3 is 2.78 bits per heavy atom. The molecule has 0 aliphatic carbocycles. The summed E-state index contributed by atoms with van der Waals surface area (Å²) in [6, 6.07) is 20.1. The molecule has 2 aliphatic heterocycles. The van der Waals surface area contributed by atoms with Gasteiger partial charge in [-0.3, -0.25) is 0 Å². The minimum Gasteiger partial charge on any atom is -0.470 e. The molecule has 0 bridgehead atoms. The molecule has 5 rings (SSSR count). The highest BCUT2D eigenvalue weighted by Crippen LogP contribution is 2.48. The second-order valence-electron chi connectivity index (χ2n) is 7.02. The van der Waals surface area contributed by atoms with Crippen molar-refractivity contribution in [1.82, 2.24) is 4.90 Å². The van der Waals surface area contributed by atoms with Crippen LogP contribution in [-0.2, 0) is 16.0 Å². The van der Waals surface area contributed by atoms with E-state index in [-0.39, 0.29) is 12.2 Å². The Hall–Kier alpha value is -2.85. The second-order valence-corrected chi connectivity index (χ2v) is 7.02. The summed E-state index contributed by atoms with van der Waals surface area (Å²) in [6.45, 7) is 2.98. The van der Waals surface area contributed by atoms with Crippen molar-refractivity contribution in [1.29, 1.82) is 0 Å². The van der Waals surface area contributed by atoms with Gasteiger partial charge in [-0.1, -0.05) is 60.7 Å². The monoisotopic (exact) mass is 359 g/mol. The molecule has 0 spiro atoms. The van der Waals surface area contributed by atoms with Gasteiger partial charge in [-0.2, -0.15) is 0 Å². The molecular formula is C23H21NO3. The van der Waals surface area contributed by atoms with Crippen LogP contribution >= 0.6 is 0 Å². The van der Waals surface area contributed by atoms with Crippen molar-refractivity contribution in [2.75, 3.05) is 13.2 Å². The third-order valence-corrected chi connectivity index (χ3v) is 5.54. The number of hydrogen-bond acceptors (Lipinski definition) is 4. The van der Waals surface area contributed by atoms with E-state index in [2.05, 4.69) is 41.3 Å². The number of benzene rings is 3. The number of carbonyl (C=O) groups is 1. The van der Waals surface area contributed by atoms with Crippen LogP contribution in [0.3, 0.4) is 0 Å². The van der Waals surface area contributed by atoms with Gasteiger partial charge in [0.1, 0.15) is 11.8 Å². The standard InChI is InChI=1S/C23H21NO3/c1-2-26-23(25)20-19-12-11-15-7-3-5-9-17(15)21(19)27-22-18-10-6-4-8-16(18)13-14-24(20)22/h3-12,20,22H,2,13-14H2,1H3/t20-,22-/m1/s1. The van der Waals surface area contributed by atoms with Gasteiger partial charge in [0.25, 0.3) is 0 Å². The molecule has 0 N–H and O–H groups in total. The van der Waals surface area contributed by atoms with Crippen LogP contribution in [0.15, 0.2) is 60.7 Å². The van der Waals surface area contributed by atoms with Crippen molar-refractivity contribution in [2.24, 2.45) is 0 Å². The molecule has 0 amide bonds. The average molecular weight is 359 g/mol. The maximum absolute atomic E-state index is 12.9. The van der Waals surface area contributed by atoms with E-state index in [1.807, 2.05) is 31.2 Å². The molecule has 0 aromatic heterocycles. The molecule has 2 heterocycles. The first-order valence-corrected chi connectivity index (χ1v) is 9.46. The first-order valence-electron chi connectivity index (χ1n) is 9.46. The third-order valence-electron chi connectivity index (χ3n) is 5.54. The smallest absolute Gasteiger partial charge is 0.328 e. The highest BCUT2D eigenvalue weighted by Gasteiger charge is 2.44. The minimum atomic E-state index is -0.448. The predicted octanol–water partition coefficient (Wildman–Crippen LogP) is 4.39. The number of nitrogens with zero attached hydrogens (tertiary/aromatic N) is 1. The van der Waals surface area contributed by atoms with Gasteiger partial charge in [0, 0.05) is 23.1 Å². The molecular weight excluding hydrogens is 338 g/mol. The zero-order chi connectivity index (χ0) is 18.4. The van der Waals surface area contributed by atoms with Gasteiger partial charge in [-0.05, 0) is 24.3 Å². The van der Waals surface area contributed by atoms with Crippen LogP contribution in [0.2, 0.25) is 0 Å². The lowest BCUT2D eigenvalue weighted by Crippen LogP contribution is -2.47. The van der Waals surface area contributed by atoms with E-state index in [1.54, 1.807) is 0 Å². The highest BCUT2D eigenvalue weighted by molar-refractivity contribution is 5.92. The normalized spacial score (nSPS) is 20.9. The Labute approximate surface area is 158 Å². The summed E-state index contributed by atoms with van der Waals surface area (Å²) in [7, 11) is 0. The van der Waals surface area contributed by atoms with E-state index in [0.717, 1.165) is 40.6 Å². The molecule has 27 heavy (non-hydrogen) atoms. The molecule has 136 valence electrons. The Morgan fingerprint density at radius 1 is 1.07 bits per heavy atom. The number of fused-ring (bicyclic) bond motifs is 6. The highest BCUT2D eigenvalue weighted by atomic mass is 16.5. The number of ether oxygens (including phenoxy) is 2. The van der Waals surface area contributed by atoms with Crippen molar-refractivity contribution in [3.63, 3.8) is 0 Å². The van der Waals surface area contributed by atoms with Crippen LogP contribution in [0.25, 0.3) is 10.8 Å². The first-order chi connectivity index (χ1) is 13.3. The topological polar surface area (TPSA) is 38.8 Å². The Kier molecular flexibility index (Phi) is 3.87. The molecule has 4 nitrogen and oxygen atoms in total. The van der Waals surface area contributed by atoms with Crippen LogP contribution in [-0.4, -0.2) is 24.0 Å². The van der Waals surface area contributed by atoms with Crippen LogP contribution in [0.1, 0.15) is 35.9 Å². The summed E-state index contributed by atoms with van der Waals surface area (Å²) in [5.74, 6) is 0.589. The summed E-state index contributed by atoms with van der Waals surface area (Å²) in [5.41, 5.74) is 3.31. The van der Waals surface area contributed by atoms with Crippen LogP contribution in [0.4, 0.5) is 0 Å². The molecule has 4 heteroatoms. The molecule has 0 radical (unpaired) electrons. The maximum atomic E-state index is 12.9. The van der Waals surface area contributed by atoms with Crippen LogP contribution in [0.5, 0.6) is 5.75 Å². The molecule has 2 atom stereocenters. The Bertz CT molecular complexity index is 1030. The average Bonchev–Trinajstić information content (AvgIpc) is 2.72. The Morgan fingerprint density at radius 2 is 1.89 bits per heavy atom. The minimum absolute atomic E-state index is 0.207. The summed E-state index contributed by atoms with van der Waals surface area (Å²) in [6.07, 6.45) is 0.622. The second kappa shape index (κ2) is 6.39. The van der Waals surface area contributed by atoms with Gasteiger partial charge in [0.2, 0.25) is 0 Å². The number of hydrogen-bond donors (Lipinski definition) is 0. The first kappa shape index (κ1) is 16.3. The molecule has 0 saturated carbocycles. The van der Waals surface area contributed by atoms with Crippen LogP contribution in [0, 0.1) is 0 Å². The fraction of sp³-hybridized carbons (Fsp3) is 0.261. The van der Waals surface area contributed by atoms with Crippen molar-refractivity contribution in [3.05, 3.63) is 77.4 Å². The molecule has 3 aromatic rings. The molecule has 3 aromatic carbocycles. The molecule has 0 fully saturated rings. The third kappa shape index (κ3) is 2.52. The van der Waals surface area contributed by atoms with E-state index in [1.165, 1.54) is 5.56 Å². The van der Waals surface area contributed by atoms with Crippen molar-refractivity contribution < 1.29 is 14.3 Å². The quantitative estimate of drug-likeness (QED) is 0.636. The lowest BCUT2D eigenvalue weighted by atomic mass is 9.91. The summed E-state index contributed by atoms with van der Waals surface area (Å²) < 4.78 is 12.0. The number of rotatable bonds is 2. The van der Waals surface area contributed by atoms with E-state index < -0.39 is 6.04 Å².